The number of thioether (sulfide) groups is 1. The van der Waals surface area contributed by atoms with Gasteiger partial charge in [0, 0.05) is 33.0 Å². The molecule has 2 saturated heterocycles. The molecule has 2 aliphatic heterocycles. The molecule has 2 aromatic rings. The number of rotatable bonds is 18. The Kier molecular flexibility index (Phi) is 14.6. The Bertz CT molecular complexity index is 1680. The molecule has 12 heteroatoms. The van der Waals surface area contributed by atoms with Crippen molar-refractivity contribution in [2.45, 2.75) is 146 Å². The number of carbonyl (C=O) groups is 4. The lowest BCUT2D eigenvalue weighted by atomic mass is 9.83. The number of benzene rings is 2. The summed E-state index contributed by atoms with van der Waals surface area (Å²) in [6, 6.07) is 14.4. The van der Waals surface area contributed by atoms with Crippen molar-refractivity contribution in [1.82, 2.24) is 26.2 Å². The van der Waals surface area contributed by atoms with Gasteiger partial charge in [-0.2, -0.15) is 0 Å². The summed E-state index contributed by atoms with van der Waals surface area (Å²) in [4.78, 5) is 55.2. The fraction of sp³-hybridized carbons (Fsp3) is 0.636. The lowest BCUT2D eigenvalue weighted by molar-refractivity contribution is -0.144. The van der Waals surface area contributed by atoms with Gasteiger partial charge < -0.3 is 35.6 Å². The topological polar surface area (TPSA) is 138 Å². The maximum absolute atomic E-state index is 14.4. The van der Waals surface area contributed by atoms with Gasteiger partial charge in [-0.05, 0) is 72.6 Å². The van der Waals surface area contributed by atoms with Crippen LogP contribution in [0.4, 0.5) is 0 Å². The second-order valence-electron chi connectivity index (χ2n) is 16.7. The first kappa shape index (κ1) is 42.2. The van der Waals surface area contributed by atoms with E-state index in [4.69, 9.17) is 9.47 Å². The first-order chi connectivity index (χ1) is 27.0. The fourth-order valence-electron chi connectivity index (χ4n) is 9.24. The molecule has 11 nitrogen and oxygen atoms in total. The zero-order valence-corrected chi connectivity index (χ0v) is 34.8. The van der Waals surface area contributed by atoms with Crippen molar-refractivity contribution in [1.29, 1.82) is 0 Å². The lowest BCUT2D eigenvalue weighted by Crippen LogP contribution is -2.58. The second-order valence-corrected chi connectivity index (χ2v) is 18.0. The maximum Gasteiger partial charge on any atom is 0.246 e. The Balaban J connectivity index is 0.969. The minimum Gasteiger partial charge on any atom is -0.375 e. The van der Waals surface area contributed by atoms with Crippen LogP contribution in [0.2, 0.25) is 0 Å². The van der Waals surface area contributed by atoms with Crippen LogP contribution in [0.5, 0.6) is 0 Å². The summed E-state index contributed by atoms with van der Waals surface area (Å²) < 4.78 is 12.8. The van der Waals surface area contributed by atoms with Gasteiger partial charge in [-0.1, -0.05) is 95.0 Å². The predicted molar refractivity (Wildman–Crippen MR) is 220 cm³/mol. The SMILES string of the molecule is CC[C@H](NC)C(=O)N[C@H]1CCSC2CC(C)(C)[C@@H](C(=O)N[C@H]3c4ccccc4C[C@H]3OCCCCCCCCO[C@@H]3Cc4ccccc4[C@@H]3NC(C)=O)N2C1=O. The van der Waals surface area contributed by atoms with Crippen LogP contribution in [0.25, 0.3) is 0 Å². The van der Waals surface area contributed by atoms with Crippen molar-refractivity contribution in [2.75, 3.05) is 26.0 Å². The summed E-state index contributed by atoms with van der Waals surface area (Å²) in [7, 11) is 1.75. The van der Waals surface area contributed by atoms with Gasteiger partial charge in [0.1, 0.15) is 12.1 Å². The first-order valence-electron chi connectivity index (χ1n) is 20.9. The summed E-state index contributed by atoms with van der Waals surface area (Å²) in [6.45, 7) is 8.94. The quantitative estimate of drug-likeness (QED) is 0.145. The van der Waals surface area contributed by atoms with Gasteiger partial charge in [-0.15, -0.1) is 11.8 Å². The Morgan fingerprint density at radius 1 is 0.839 bits per heavy atom. The number of hydrogen-bond donors (Lipinski definition) is 4. The van der Waals surface area contributed by atoms with Crippen molar-refractivity contribution < 1.29 is 28.7 Å². The fourth-order valence-corrected chi connectivity index (χ4v) is 10.8. The Morgan fingerprint density at radius 3 is 1.95 bits per heavy atom. The molecule has 6 rings (SSSR count). The second kappa shape index (κ2) is 19.3. The molecule has 4 N–H and O–H groups in total. The van der Waals surface area contributed by atoms with Gasteiger partial charge in [0.25, 0.3) is 0 Å². The minimum atomic E-state index is -0.664. The van der Waals surface area contributed by atoms with Crippen molar-refractivity contribution in [3.63, 3.8) is 0 Å². The highest BCUT2D eigenvalue weighted by Gasteiger charge is 2.55. The molecule has 0 bridgehead atoms. The average molecular weight is 790 g/mol. The van der Waals surface area contributed by atoms with E-state index in [1.807, 2.05) is 31.2 Å². The van der Waals surface area contributed by atoms with Crippen LogP contribution in [0.15, 0.2) is 48.5 Å². The Hall–Kier alpha value is -3.45. The summed E-state index contributed by atoms with van der Waals surface area (Å²) in [5, 5.41) is 12.4. The Labute approximate surface area is 337 Å². The number of amides is 4. The number of hydrogen-bond acceptors (Lipinski definition) is 8. The Morgan fingerprint density at radius 2 is 1.39 bits per heavy atom. The van der Waals surface area contributed by atoms with Gasteiger partial charge in [0.2, 0.25) is 23.6 Å². The zero-order chi connectivity index (χ0) is 39.8. The molecular weight excluding hydrogens is 727 g/mol. The van der Waals surface area contributed by atoms with Crippen LogP contribution in [-0.2, 0) is 41.5 Å². The number of nitrogens with zero attached hydrogens (tertiary/aromatic N) is 1. The number of likely N-dealkylation sites (N-methyl/N-ethyl adjacent to an activating group) is 1. The summed E-state index contributed by atoms with van der Waals surface area (Å²) in [5.74, 6) is 0.172. The third-order valence-electron chi connectivity index (χ3n) is 12.2. The predicted octanol–water partition coefficient (Wildman–Crippen LogP) is 5.52. The molecule has 0 spiro atoms. The van der Waals surface area contributed by atoms with E-state index in [2.05, 4.69) is 59.4 Å². The van der Waals surface area contributed by atoms with E-state index in [0.717, 1.165) is 68.2 Å². The average Bonchev–Trinajstić information content (AvgIpc) is 3.76. The molecule has 56 heavy (non-hydrogen) atoms. The highest BCUT2D eigenvalue weighted by molar-refractivity contribution is 7.99. The molecule has 2 fully saturated rings. The third kappa shape index (κ3) is 9.80. The monoisotopic (exact) mass is 789 g/mol. The molecule has 4 aliphatic rings. The van der Waals surface area contributed by atoms with Crippen LogP contribution in [0.3, 0.4) is 0 Å². The van der Waals surface area contributed by atoms with Crippen LogP contribution in [0.1, 0.15) is 120 Å². The van der Waals surface area contributed by atoms with Gasteiger partial charge >= 0.3 is 0 Å². The van der Waals surface area contributed by atoms with E-state index < -0.39 is 17.5 Å². The van der Waals surface area contributed by atoms with Crippen molar-refractivity contribution in [3.8, 4) is 0 Å². The van der Waals surface area contributed by atoms with E-state index in [1.165, 1.54) is 11.1 Å². The number of ether oxygens (including phenoxy) is 2. The largest absolute Gasteiger partial charge is 0.375 e. The van der Waals surface area contributed by atoms with E-state index >= 15 is 0 Å². The van der Waals surface area contributed by atoms with Crippen LogP contribution in [-0.4, -0.2) is 90.3 Å². The normalized spacial score (nSPS) is 26.8. The van der Waals surface area contributed by atoms with E-state index in [-0.39, 0.29) is 59.3 Å². The summed E-state index contributed by atoms with van der Waals surface area (Å²) >= 11 is 1.71. The standard InChI is InChI=1S/C44H63N5O6S/c1-6-33(45-5)41(51)47-34-21-24-56-37-27-44(3,4)40(49(37)43(34)53)42(52)48-39-32-20-14-12-18-30(32)26-36(39)55-23-16-10-8-7-9-15-22-54-35-25-29-17-11-13-19-31(29)38(35)46-28(2)50/h11-14,17-20,33-40,45H,6-10,15-16,21-27H2,1-5H3,(H,46,50)(H,47,51)(H,48,52)/t33-,34-,35+,36+,37?,38-,39-,40+/m0/s1. The van der Waals surface area contributed by atoms with Crippen molar-refractivity contribution in [3.05, 3.63) is 70.8 Å². The summed E-state index contributed by atoms with van der Waals surface area (Å²) in [6.07, 6.45) is 9.54. The molecule has 0 saturated carbocycles. The number of carbonyl (C=O) groups excluding carboxylic acids is 4. The number of fused-ring (bicyclic) bond motifs is 3. The third-order valence-corrected chi connectivity index (χ3v) is 13.4. The van der Waals surface area contributed by atoms with Gasteiger partial charge in [-0.25, -0.2) is 0 Å². The van der Waals surface area contributed by atoms with Gasteiger partial charge in [0.05, 0.1) is 35.7 Å². The maximum atomic E-state index is 14.4. The molecule has 2 heterocycles. The van der Waals surface area contributed by atoms with Gasteiger partial charge in [-0.3, -0.25) is 19.2 Å². The molecule has 0 aromatic heterocycles. The molecule has 306 valence electrons. The first-order valence-corrected chi connectivity index (χ1v) is 21.9. The minimum absolute atomic E-state index is 0.0233. The van der Waals surface area contributed by atoms with Crippen LogP contribution in [0, 0.1) is 5.41 Å². The van der Waals surface area contributed by atoms with Crippen LogP contribution >= 0.6 is 11.8 Å². The van der Waals surface area contributed by atoms with Crippen molar-refractivity contribution >= 4 is 35.4 Å². The summed E-state index contributed by atoms with van der Waals surface area (Å²) in [5.41, 5.74) is 4.22. The van der Waals surface area contributed by atoms with Crippen molar-refractivity contribution in [2.24, 2.45) is 5.41 Å². The highest BCUT2D eigenvalue weighted by Crippen LogP contribution is 2.47. The highest BCUT2D eigenvalue weighted by atomic mass is 32.2. The number of nitrogens with one attached hydrogen (secondary N) is 4. The van der Waals surface area contributed by atoms with E-state index in [1.54, 1.807) is 30.6 Å². The molecule has 2 aromatic carbocycles. The smallest absolute Gasteiger partial charge is 0.246 e. The molecular formula is C44H63N5O6S. The molecule has 8 atom stereocenters. The van der Waals surface area contributed by atoms with E-state index in [0.29, 0.717) is 32.5 Å². The van der Waals surface area contributed by atoms with Gasteiger partial charge in [0.15, 0.2) is 0 Å². The molecule has 1 unspecified atom stereocenters. The lowest BCUT2D eigenvalue weighted by Gasteiger charge is -2.35. The zero-order valence-electron chi connectivity index (χ0n) is 33.9. The number of unbranched alkanes of at least 4 members (excludes halogenated alkanes) is 5. The van der Waals surface area contributed by atoms with E-state index in [9.17, 15) is 19.2 Å². The molecule has 2 aliphatic carbocycles. The molecule has 0 radical (unpaired) electrons. The molecule has 4 amide bonds. The van der Waals surface area contributed by atoms with Crippen LogP contribution < -0.4 is 21.3 Å².